The number of hydrogen-bond donors (Lipinski definition) is 1. The molecular formula is C14H18N2O2. The first-order valence-electron chi connectivity index (χ1n) is 5.84. The maximum absolute atomic E-state index is 12.0. The van der Waals surface area contributed by atoms with E-state index in [2.05, 4.69) is 5.32 Å². The number of rotatable bonds is 4. The van der Waals surface area contributed by atoms with Crippen LogP contribution in [-0.4, -0.2) is 13.0 Å². The smallest absolute Gasteiger partial charge is 0.244 e. The number of nitrogens with one attached hydrogen (secondary N) is 1. The van der Waals surface area contributed by atoms with Crippen molar-refractivity contribution in [1.82, 2.24) is 0 Å². The van der Waals surface area contributed by atoms with Gasteiger partial charge in [-0.05, 0) is 44.0 Å². The Labute approximate surface area is 108 Å². The minimum atomic E-state index is -0.992. The van der Waals surface area contributed by atoms with Crippen molar-refractivity contribution in [3.8, 4) is 11.8 Å². The van der Waals surface area contributed by atoms with Gasteiger partial charge in [-0.3, -0.25) is 4.79 Å². The predicted octanol–water partition coefficient (Wildman–Crippen LogP) is 2.88. The lowest BCUT2D eigenvalue weighted by molar-refractivity contribution is -0.122. The van der Waals surface area contributed by atoms with Crippen LogP contribution in [0.2, 0.25) is 0 Å². The van der Waals surface area contributed by atoms with E-state index >= 15 is 0 Å². The summed E-state index contributed by atoms with van der Waals surface area (Å²) < 4.78 is 5.15. The zero-order valence-electron chi connectivity index (χ0n) is 11.2. The molecule has 96 valence electrons. The molecular weight excluding hydrogens is 228 g/mol. The Kier molecular flexibility index (Phi) is 4.33. The second-order valence-electron chi connectivity index (χ2n) is 4.44. The predicted molar refractivity (Wildman–Crippen MR) is 70.4 cm³/mol. The van der Waals surface area contributed by atoms with Gasteiger partial charge in [0.25, 0.3) is 0 Å². The van der Waals surface area contributed by atoms with E-state index < -0.39 is 5.41 Å². The summed E-state index contributed by atoms with van der Waals surface area (Å²) in [5.74, 6) is 0.489. The summed E-state index contributed by atoms with van der Waals surface area (Å²) in [7, 11) is 1.60. The highest BCUT2D eigenvalue weighted by molar-refractivity contribution is 5.97. The molecule has 1 unspecified atom stereocenters. The number of benzene rings is 1. The van der Waals surface area contributed by atoms with E-state index in [9.17, 15) is 4.79 Å². The number of carbonyl (C=O) groups excluding carboxylic acids is 1. The Bertz CT molecular complexity index is 491. The summed E-state index contributed by atoms with van der Waals surface area (Å²) in [6.07, 6.45) is 0.477. The zero-order valence-corrected chi connectivity index (χ0v) is 11.2. The molecule has 0 aromatic heterocycles. The van der Waals surface area contributed by atoms with Crippen molar-refractivity contribution in [3.05, 3.63) is 23.8 Å². The first-order chi connectivity index (χ1) is 8.46. The van der Waals surface area contributed by atoms with Crippen LogP contribution < -0.4 is 10.1 Å². The second-order valence-corrected chi connectivity index (χ2v) is 4.44. The molecule has 18 heavy (non-hydrogen) atoms. The minimum absolute atomic E-state index is 0.280. The monoisotopic (exact) mass is 246 g/mol. The molecule has 0 spiro atoms. The van der Waals surface area contributed by atoms with Crippen LogP contribution in [0.1, 0.15) is 25.8 Å². The molecule has 0 bridgehead atoms. The molecule has 1 N–H and O–H groups in total. The third-order valence-electron chi connectivity index (χ3n) is 3.11. The Morgan fingerprint density at radius 2 is 2.22 bits per heavy atom. The summed E-state index contributed by atoms with van der Waals surface area (Å²) in [6, 6.07) is 7.43. The minimum Gasteiger partial charge on any atom is -0.496 e. The van der Waals surface area contributed by atoms with Crippen molar-refractivity contribution in [3.63, 3.8) is 0 Å². The van der Waals surface area contributed by atoms with E-state index in [1.54, 1.807) is 26.2 Å². The lowest BCUT2D eigenvalue weighted by Crippen LogP contribution is -2.31. The number of anilines is 1. The van der Waals surface area contributed by atoms with Crippen molar-refractivity contribution in [2.45, 2.75) is 27.2 Å². The molecule has 0 aliphatic rings. The van der Waals surface area contributed by atoms with Gasteiger partial charge >= 0.3 is 0 Å². The van der Waals surface area contributed by atoms with Crippen LogP contribution in [0.5, 0.6) is 5.75 Å². The molecule has 1 atom stereocenters. The number of aryl methyl sites for hydroxylation is 1. The van der Waals surface area contributed by atoms with Crippen molar-refractivity contribution in [1.29, 1.82) is 5.26 Å². The molecule has 0 aliphatic heterocycles. The molecule has 4 nitrogen and oxygen atoms in total. The zero-order chi connectivity index (χ0) is 13.8. The first-order valence-corrected chi connectivity index (χ1v) is 5.84. The molecule has 0 saturated carbocycles. The highest BCUT2D eigenvalue weighted by Gasteiger charge is 2.31. The fourth-order valence-corrected chi connectivity index (χ4v) is 1.52. The van der Waals surface area contributed by atoms with Crippen molar-refractivity contribution in [2.24, 2.45) is 5.41 Å². The largest absolute Gasteiger partial charge is 0.496 e. The number of ether oxygens (including phenoxy) is 1. The number of methoxy groups -OCH3 is 1. The van der Waals surface area contributed by atoms with Gasteiger partial charge in [0.05, 0.1) is 13.2 Å². The van der Waals surface area contributed by atoms with Gasteiger partial charge in [-0.15, -0.1) is 0 Å². The van der Waals surface area contributed by atoms with E-state index in [1.165, 1.54) is 0 Å². The van der Waals surface area contributed by atoms with Crippen LogP contribution in [0.4, 0.5) is 5.69 Å². The van der Waals surface area contributed by atoms with Gasteiger partial charge in [-0.2, -0.15) is 5.26 Å². The average Bonchev–Trinajstić information content (AvgIpc) is 2.38. The van der Waals surface area contributed by atoms with Gasteiger partial charge in [0.1, 0.15) is 11.2 Å². The van der Waals surface area contributed by atoms with E-state index in [0.29, 0.717) is 12.1 Å². The van der Waals surface area contributed by atoms with E-state index in [1.807, 2.05) is 26.0 Å². The Hall–Kier alpha value is -2.02. The lowest BCUT2D eigenvalue weighted by atomic mass is 9.88. The SMILES string of the molecule is CCC(C)(C#N)C(=O)Nc1ccc(OC)c(C)c1. The first kappa shape index (κ1) is 14.0. The molecule has 0 saturated heterocycles. The van der Waals surface area contributed by atoms with E-state index in [4.69, 9.17) is 10.00 Å². The van der Waals surface area contributed by atoms with Crippen LogP contribution in [0.15, 0.2) is 18.2 Å². The third-order valence-corrected chi connectivity index (χ3v) is 3.11. The summed E-state index contributed by atoms with van der Waals surface area (Å²) in [5, 5.41) is 11.8. The van der Waals surface area contributed by atoms with Gasteiger partial charge in [-0.1, -0.05) is 6.92 Å². The van der Waals surface area contributed by atoms with Crippen molar-refractivity contribution < 1.29 is 9.53 Å². The van der Waals surface area contributed by atoms with Crippen molar-refractivity contribution in [2.75, 3.05) is 12.4 Å². The number of nitrogens with zero attached hydrogens (tertiary/aromatic N) is 1. The number of amides is 1. The van der Waals surface area contributed by atoms with Crippen LogP contribution in [-0.2, 0) is 4.79 Å². The molecule has 1 aromatic rings. The highest BCUT2D eigenvalue weighted by atomic mass is 16.5. The van der Waals surface area contributed by atoms with Crippen LogP contribution in [0.25, 0.3) is 0 Å². The molecule has 1 aromatic carbocycles. The normalized spacial score (nSPS) is 13.3. The quantitative estimate of drug-likeness (QED) is 0.888. The molecule has 0 heterocycles. The summed E-state index contributed by atoms with van der Waals surface area (Å²) in [5.41, 5.74) is 0.618. The molecule has 0 radical (unpaired) electrons. The summed E-state index contributed by atoms with van der Waals surface area (Å²) in [4.78, 5) is 12.0. The fraction of sp³-hybridized carbons (Fsp3) is 0.429. The molecule has 4 heteroatoms. The maximum atomic E-state index is 12.0. The Morgan fingerprint density at radius 3 is 2.67 bits per heavy atom. The summed E-state index contributed by atoms with van der Waals surface area (Å²) in [6.45, 7) is 5.36. The van der Waals surface area contributed by atoms with Crippen LogP contribution in [0, 0.1) is 23.7 Å². The van der Waals surface area contributed by atoms with Gasteiger partial charge in [0.2, 0.25) is 5.91 Å². The maximum Gasteiger partial charge on any atom is 0.244 e. The second kappa shape index (κ2) is 5.54. The summed E-state index contributed by atoms with van der Waals surface area (Å²) >= 11 is 0. The Balaban J connectivity index is 2.90. The third kappa shape index (κ3) is 2.80. The van der Waals surface area contributed by atoms with Crippen LogP contribution >= 0.6 is 0 Å². The molecule has 1 rings (SSSR count). The lowest BCUT2D eigenvalue weighted by Gasteiger charge is -2.19. The van der Waals surface area contributed by atoms with Gasteiger partial charge in [0, 0.05) is 5.69 Å². The van der Waals surface area contributed by atoms with Gasteiger partial charge in [0.15, 0.2) is 0 Å². The molecule has 0 fully saturated rings. The van der Waals surface area contributed by atoms with Gasteiger partial charge in [-0.25, -0.2) is 0 Å². The fourth-order valence-electron chi connectivity index (χ4n) is 1.52. The van der Waals surface area contributed by atoms with E-state index in [0.717, 1.165) is 11.3 Å². The van der Waals surface area contributed by atoms with E-state index in [-0.39, 0.29) is 5.91 Å². The van der Waals surface area contributed by atoms with Crippen LogP contribution in [0.3, 0.4) is 0 Å². The number of hydrogen-bond acceptors (Lipinski definition) is 3. The number of carbonyl (C=O) groups is 1. The Morgan fingerprint density at radius 1 is 1.56 bits per heavy atom. The molecule has 1 amide bonds. The van der Waals surface area contributed by atoms with Crippen molar-refractivity contribution >= 4 is 11.6 Å². The molecule has 0 aliphatic carbocycles. The topological polar surface area (TPSA) is 62.1 Å². The standard InChI is InChI=1S/C14H18N2O2/c1-5-14(3,9-15)13(17)16-11-6-7-12(18-4)10(2)8-11/h6-8H,5H2,1-4H3,(H,16,17). The highest BCUT2D eigenvalue weighted by Crippen LogP contribution is 2.25. The average molecular weight is 246 g/mol. The van der Waals surface area contributed by atoms with Gasteiger partial charge < -0.3 is 10.1 Å². The number of nitriles is 1.